The first-order valence-corrected chi connectivity index (χ1v) is 11.6. The average molecular weight is 438 g/mol. The van der Waals surface area contributed by atoms with E-state index in [0.717, 1.165) is 35.8 Å². The van der Waals surface area contributed by atoms with E-state index in [9.17, 15) is 4.39 Å². The molecule has 1 unspecified atom stereocenters. The largest absolute Gasteiger partial charge is 0.493 e. The lowest BCUT2D eigenvalue weighted by molar-refractivity contribution is -0.0320. The van der Waals surface area contributed by atoms with Crippen LogP contribution in [-0.4, -0.2) is 37.3 Å². The summed E-state index contributed by atoms with van der Waals surface area (Å²) in [6.45, 7) is 5.82. The molecule has 1 saturated heterocycles. The van der Waals surface area contributed by atoms with Crippen LogP contribution in [0.2, 0.25) is 0 Å². The molecule has 0 spiro atoms. The van der Waals surface area contributed by atoms with Crippen molar-refractivity contribution < 1.29 is 13.9 Å². The highest BCUT2D eigenvalue weighted by Crippen LogP contribution is 2.43. The molecule has 0 aromatic heterocycles. The Balaban J connectivity index is 1.58. The summed E-state index contributed by atoms with van der Waals surface area (Å²) in [5, 5.41) is -0.0455. The lowest BCUT2D eigenvalue weighted by Gasteiger charge is -2.37. The first kappa shape index (κ1) is 21.9. The van der Waals surface area contributed by atoms with E-state index in [4.69, 9.17) is 9.47 Å². The summed E-state index contributed by atoms with van der Waals surface area (Å²) in [6, 6.07) is 25.4. The standard InChI is InChI=1S/C26H28FNO2S/c1-2-29-23-13-6-7-14-25(23)31-26(21-11-8-12-22(27)17-21)24-19-28(15-16-30-24)18-20-9-4-3-5-10-20/h3-14,17,24,26H,2,15-16,18-19H2,1H3/t24-,26?/m1/s1. The molecule has 0 N–H and O–H groups in total. The molecule has 1 aliphatic rings. The molecule has 0 saturated carbocycles. The third kappa shape index (κ3) is 5.88. The van der Waals surface area contributed by atoms with Crippen molar-refractivity contribution in [2.75, 3.05) is 26.3 Å². The number of hydrogen-bond acceptors (Lipinski definition) is 4. The zero-order valence-electron chi connectivity index (χ0n) is 17.7. The van der Waals surface area contributed by atoms with Crippen LogP contribution in [0.3, 0.4) is 0 Å². The van der Waals surface area contributed by atoms with Crippen molar-refractivity contribution in [3.8, 4) is 5.75 Å². The van der Waals surface area contributed by atoms with Crippen molar-refractivity contribution in [3.05, 3.63) is 95.8 Å². The van der Waals surface area contributed by atoms with Crippen LogP contribution in [0, 0.1) is 5.82 Å². The first-order valence-electron chi connectivity index (χ1n) is 10.7. The van der Waals surface area contributed by atoms with Gasteiger partial charge < -0.3 is 9.47 Å². The van der Waals surface area contributed by atoms with E-state index in [1.165, 1.54) is 11.6 Å². The minimum atomic E-state index is -0.224. The van der Waals surface area contributed by atoms with Crippen LogP contribution in [0.25, 0.3) is 0 Å². The molecule has 0 radical (unpaired) electrons. The summed E-state index contributed by atoms with van der Waals surface area (Å²) in [4.78, 5) is 3.47. The Morgan fingerprint density at radius 1 is 1.06 bits per heavy atom. The molecule has 2 atom stereocenters. The highest BCUT2D eigenvalue weighted by molar-refractivity contribution is 7.99. The summed E-state index contributed by atoms with van der Waals surface area (Å²) in [5.41, 5.74) is 2.22. The second-order valence-corrected chi connectivity index (χ2v) is 8.79. The van der Waals surface area contributed by atoms with Crippen molar-refractivity contribution in [1.29, 1.82) is 0 Å². The number of hydrogen-bond donors (Lipinski definition) is 0. The molecule has 1 aliphatic heterocycles. The monoisotopic (exact) mass is 437 g/mol. The van der Waals surface area contributed by atoms with E-state index in [1.54, 1.807) is 23.9 Å². The SMILES string of the molecule is CCOc1ccccc1SC(c1cccc(F)c1)[C@H]1CN(Cc2ccccc2)CCO1. The van der Waals surface area contributed by atoms with E-state index in [1.807, 2.05) is 37.3 Å². The predicted octanol–water partition coefficient (Wildman–Crippen LogP) is 5.96. The summed E-state index contributed by atoms with van der Waals surface area (Å²) >= 11 is 1.69. The van der Waals surface area contributed by atoms with Crippen molar-refractivity contribution in [3.63, 3.8) is 0 Å². The second-order valence-electron chi connectivity index (χ2n) is 7.60. The maximum absolute atomic E-state index is 14.1. The summed E-state index contributed by atoms with van der Waals surface area (Å²) in [7, 11) is 0. The van der Waals surface area contributed by atoms with Gasteiger partial charge in [-0.1, -0.05) is 54.6 Å². The van der Waals surface area contributed by atoms with Gasteiger partial charge in [-0.3, -0.25) is 4.90 Å². The minimum Gasteiger partial charge on any atom is -0.493 e. The summed E-state index contributed by atoms with van der Waals surface area (Å²) < 4.78 is 26.2. The van der Waals surface area contributed by atoms with E-state index in [0.29, 0.717) is 13.2 Å². The summed E-state index contributed by atoms with van der Waals surface area (Å²) in [5.74, 6) is 0.631. The molecule has 162 valence electrons. The maximum Gasteiger partial charge on any atom is 0.132 e. The van der Waals surface area contributed by atoms with Gasteiger partial charge in [0.1, 0.15) is 11.6 Å². The maximum atomic E-state index is 14.1. The molecule has 3 aromatic carbocycles. The number of morpholine rings is 1. The van der Waals surface area contributed by atoms with Gasteiger partial charge in [-0.25, -0.2) is 4.39 Å². The highest BCUT2D eigenvalue weighted by atomic mass is 32.2. The fourth-order valence-corrected chi connectivity index (χ4v) is 5.17. The zero-order valence-corrected chi connectivity index (χ0v) is 18.6. The molecule has 4 rings (SSSR count). The minimum absolute atomic E-state index is 0.0455. The van der Waals surface area contributed by atoms with E-state index in [-0.39, 0.29) is 17.2 Å². The topological polar surface area (TPSA) is 21.7 Å². The van der Waals surface area contributed by atoms with Gasteiger partial charge in [0.05, 0.1) is 29.5 Å². The van der Waals surface area contributed by atoms with Crippen molar-refractivity contribution in [2.45, 2.75) is 29.7 Å². The van der Waals surface area contributed by atoms with Gasteiger partial charge in [0.2, 0.25) is 0 Å². The second kappa shape index (κ2) is 10.8. The fraction of sp³-hybridized carbons (Fsp3) is 0.308. The normalized spacial score (nSPS) is 17.9. The molecule has 0 amide bonds. The van der Waals surface area contributed by atoms with Crippen molar-refractivity contribution in [2.24, 2.45) is 0 Å². The highest BCUT2D eigenvalue weighted by Gasteiger charge is 2.31. The Bertz CT molecular complexity index is 968. The molecular weight excluding hydrogens is 409 g/mol. The van der Waals surface area contributed by atoms with Crippen LogP contribution in [-0.2, 0) is 11.3 Å². The van der Waals surface area contributed by atoms with Gasteiger partial charge in [-0.2, -0.15) is 0 Å². The van der Waals surface area contributed by atoms with Crippen LogP contribution in [0.4, 0.5) is 4.39 Å². The molecule has 5 heteroatoms. The van der Waals surface area contributed by atoms with Gasteiger partial charge in [0, 0.05) is 19.6 Å². The van der Waals surface area contributed by atoms with Crippen LogP contribution < -0.4 is 4.74 Å². The van der Waals surface area contributed by atoms with E-state index >= 15 is 0 Å². The molecule has 0 aliphatic carbocycles. The number of ether oxygens (including phenoxy) is 2. The molecule has 31 heavy (non-hydrogen) atoms. The molecule has 0 bridgehead atoms. The van der Waals surface area contributed by atoms with Gasteiger partial charge in [0.15, 0.2) is 0 Å². The van der Waals surface area contributed by atoms with Crippen LogP contribution in [0.1, 0.15) is 23.3 Å². The number of nitrogens with zero attached hydrogens (tertiary/aromatic N) is 1. The number of benzene rings is 3. The third-order valence-electron chi connectivity index (χ3n) is 5.34. The number of halogens is 1. The molecular formula is C26H28FNO2S. The Hall–Kier alpha value is -2.34. The molecule has 3 aromatic rings. The number of rotatable bonds is 8. The van der Waals surface area contributed by atoms with Crippen LogP contribution in [0.5, 0.6) is 5.75 Å². The van der Waals surface area contributed by atoms with Crippen molar-refractivity contribution in [1.82, 2.24) is 4.90 Å². The van der Waals surface area contributed by atoms with Gasteiger partial charge in [-0.15, -0.1) is 11.8 Å². The van der Waals surface area contributed by atoms with Gasteiger partial charge in [0.25, 0.3) is 0 Å². The fourth-order valence-electron chi connectivity index (χ4n) is 3.90. The molecule has 1 heterocycles. The van der Waals surface area contributed by atoms with E-state index < -0.39 is 0 Å². The third-order valence-corrected chi connectivity index (χ3v) is 6.77. The van der Waals surface area contributed by atoms with Crippen LogP contribution in [0.15, 0.2) is 83.8 Å². The summed E-state index contributed by atoms with van der Waals surface area (Å²) in [6.07, 6.45) is -0.0565. The quantitative estimate of drug-likeness (QED) is 0.406. The average Bonchev–Trinajstić information content (AvgIpc) is 2.79. The molecule has 3 nitrogen and oxygen atoms in total. The van der Waals surface area contributed by atoms with Crippen molar-refractivity contribution >= 4 is 11.8 Å². The van der Waals surface area contributed by atoms with E-state index in [2.05, 4.69) is 35.2 Å². The number of thioether (sulfide) groups is 1. The van der Waals surface area contributed by atoms with Crippen LogP contribution >= 0.6 is 11.8 Å². The van der Waals surface area contributed by atoms with Gasteiger partial charge >= 0.3 is 0 Å². The lowest BCUT2D eigenvalue weighted by Crippen LogP contribution is -2.44. The zero-order chi connectivity index (χ0) is 21.5. The Labute approximate surface area is 188 Å². The first-order chi connectivity index (χ1) is 15.2. The Kier molecular flexibility index (Phi) is 7.62. The number of para-hydroxylation sites is 1. The predicted molar refractivity (Wildman–Crippen MR) is 124 cm³/mol. The van der Waals surface area contributed by atoms with Gasteiger partial charge in [-0.05, 0) is 42.3 Å². The molecule has 1 fully saturated rings. The Morgan fingerprint density at radius 3 is 2.68 bits per heavy atom. The smallest absolute Gasteiger partial charge is 0.132 e. The Morgan fingerprint density at radius 2 is 1.87 bits per heavy atom. The lowest BCUT2D eigenvalue weighted by atomic mass is 10.1.